The third kappa shape index (κ3) is 6.25. The van der Waals surface area contributed by atoms with Crippen LogP contribution in [0.25, 0.3) is 0 Å². The van der Waals surface area contributed by atoms with Crippen LogP contribution in [0.2, 0.25) is 0 Å². The third-order valence-electron chi connectivity index (χ3n) is 3.11. The Kier molecular flexibility index (Phi) is 6.81. The summed E-state index contributed by atoms with van der Waals surface area (Å²) in [6.07, 6.45) is 0. The topological polar surface area (TPSA) is 73.6 Å². The Morgan fingerprint density at radius 1 is 1.33 bits per heavy atom. The molecule has 0 aromatic heterocycles. The zero-order valence-corrected chi connectivity index (χ0v) is 13.3. The molecule has 0 aliphatic heterocycles. The number of carbonyl (C=O) groups excluding carboxylic acids is 1. The van der Waals surface area contributed by atoms with Crippen LogP contribution in [0.1, 0.15) is 26.3 Å². The molecule has 118 valence electrons. The number of hydrogen-bond acceptors (Lipinski definition) is 4. The first-order valence-electron chi connectivity index (χ1n) is 7.06. The highest BCUT2D eigenvalue weighted by atomic mass is 16.5. The molecule has 5 nitrogen and oxygen atoms in total. The second-order valence-corrected chi connectivity index (χ2v) is 6.08. The predicted molar refractivity (Wildman–Crippen MR) is 84.0 cm³/mol. The van der Waals surface area contributed by atoms with E-state index in [1.807, 2.05) is 45.0 Å². The number of nitrogens with one attached hydrogen (secondary N) is 1. The monoisotopic (exact) mass is 294 g/mol. The van der Waals surface area contributed by atoms with E-state index in [1.165, 1.54) is 0 Å². The number of methoxy groups -OCH3 is 1. The van der Waals surface area contributed by atoms with E-state index in [1.54, 1.807) is 7.11 Å². The number of ether oxygens (including phenoxy) is 2. The van der Waals surface area contributed by atoms with Crippen LogP contribution in [0.3, 0.4) is 0 Å². The van der Waals surface area contributed by atoms with Gasteiger partial charge in [0.25, 0.3) is 0 Å². The second kappa shape index (κ2) is 8.12. The van der Waals surface area contributed by atoms with Gasteiger partial charge >= 0.3 is 0 Å². The van der Waals surface area contributed by atoms with Crippen molar-refractivity contribution in [1.82, 2.24) is 0 Å². The minimum atomic E-state index is -0.556. The van der Waals surface area contributed by atoms with Crippen molar-refractivity contribution >= 4 is 11.6 Å². The molecule has 0 aliphatic rings. The molecule has 1 rings (SSSR count). The molecular weight excluding hydrogens is 268 g/mol. The summed E-state index contributed by atoms with van der Waals surface area (Å²) < 4.78 is 10.4. The van der Waals surface area contributed by atoms with E-state index in [9.17, 15) is 4.79 Å². The van der Waals surface area contributed by atoms with Crippen molar-refractivity contribution in [3.63, 3.8) is 0 Å². The van der Waals surface area contributed by atoms with Gasteiger partial charge in [-0.15, -0.1) is 0 Å². The number of anilines is 1. The number of rotatable bonds is 7. The molecule has 1 aromatic carbocycles. The molecule has 1 amide bonds. The summed E-state index contributed by atoms with van der Waals surface area (Å²) in [5.74, 6) is -0.181. The first kappa shape index (κ1) is 17.6. The van der Waals surface area contributed by atoms with Crippen LogP contribution in [-0.4, -0.2) is 32.3 Å². The fourth-order valence-electron chi connectivity index (χ4n) is 1.68. The molecule has 0 unspecified atom stereocenters. The normalized spacial score (nSPS) is 13.0. The zero-order valence-electron chi connectivity index (χ0n) is 13.3. The smallest absolute Gasteiger partial charge is 0.241 e. The summed E-state index contributed by atoms with van der Waals surface area (Å²) >= 11 is 0. The lowest BCUT2D eigenvalue weighted by Crippen LogP contribution is -2.45. The average molecular weight is 294 g/mol. The summed E-state index contributed by atoms with van der Waals surface area (Å²) in [5, 5.41) is 2.85. The lowest BCUT2D eigenvalue weighted by atomic mass is 9.87. The maximum atomic E-state index is 12.1. The number of nitrogens with two attached hydrogens (primary N) is 1. The summed E-state index contributed by atoms with van der Waals surface area (Å²) in [7, 11) is 1.64. The van der Waals surface area contributed by atoms with Gasteiger partial charge in [0, 0.05) is 12.8 Å². The highest BCUT2D eigenvalue weighted by Gasteiger charge is 2.27. The van der Waals surface area contributed by atoms with Crippen molar-refractivity contribution < 1.29 is 14.3 Å². The predicted octanol–water partition coefficient (Wildman–Crippen LogP) is 2.16. The fraction of sp³-hybridized carbons (Fsp3) is 0.562. The van der Waals surface area contributed by atoms with Crippen LogP contribution in [0.4, 0.5) is 5.69 Å². The van der Waals surface area contributed by atoms with Gasteiger partial charge in [-0.05, 0) is 23.1 Å². The van der Waals surface area contributed by atoms with Gasteiger partial charge in [-0.2, -0.15) is 0 Å². The van der Waals surface area contributed by atoms with Gasteiger partial charge in [0.05, 0.1) is 25.9 Å². The van der Waals surface area contributed by atoms with Crippen LogP contribution >= 0.6 is 0 Å². The molecule has 1 aromatic rings. The molecule has 3 N–H and O–H groups in total. The molecule has 5 heteroatoms. The SMILES string of the molecule is COCCOCc1cccc(NC(=O)[C@@H](N)C(C)(C)C)c1. The number of carbonyl (C=O) groups is 1. The molecule has 1 atom stereocenters. The van der Waals surface area contributed by atoms with Crippen molar-refractivity contribution in [2.24, 2.45) is 11.1 Å². The Hall–Kier alpha value is -1.43. The van der Waals surface area contributed by atoms with Crippen LogP contribution in [-0.2, 0) is 20.9 Å². The van der Waals surface area contributed by atoms with E-state index >= 15 is 0 Å². The van der Waals surface area contributed by atoms with Crippen molar-refractivity contribution in [2.45, 2.75) is 33.4 Å². The van der Waals surface area contributed by atoms with Crippen LogP contribution in [0.15, 0.2) is 24.3 Å². The van der Waals surface area contributed by atoms with Crippen molar-refractivity contribution in [2.75, 3.05) is 25.6 Å². The summed E-state index contributed by atoms with van der Waals surface area (Å²) in [6.45, 7) is 7.42. The molecule has 0 radical (unpaired) electrons. The van der Waals surface area contributed by atoms with E-state index < -0.39 is 6.04 Å². The van der Waals surface area contributed by atoms with Crippen LogP contribution in [0.5, 0.6) is 0 Å². The number of amides is 1. The Bertz CT molecular complexity index is 455. The van der Waals surface area contributed by atoms with Gasteiger partial charge in [-0.3, -0.25) is 4.79 Å². The molecule has 0 fully saturated rings. The van der Waals surface area contributed by atoms with E-state index in [4.69, 9.17) is 15.2 Å². The Balaban J connectivity index is 2.58. The van der Waals surface area contributed by atoms with E-state index in [2.05, 4.69) is 5.32 Å². The van der Waals surface area contributed by atoms with Crippen molar-refractivity contribution in [3.05, 3.63) is 29.8 Å². The zero-order chi connectivity index (χ0) is 15.9. The minimum absolute atomic E-state index is 0.181. The molecule has 0 heterocycles. The van der Waals surface area contributed by atoms with Crippen molar-refractivity contribution in [3.8, 4) is 0 Å². The lowest BCUT2D eigenvalue weighted by Gasteiger charge is -2.25. The summed E-state index contributed by atoms with van der Waals surface area (Å²) in [4.78, 5) is 12.1. The third-order valence-corrected chi connectivity index (χ3v) is 3.11. The lowest BCUT2D eigenvalue weighted by molar-refractivity contribution is -0.119. The second-order valence-electron chi connectivity index (χ2n) is 6.08. The number of hydrogen-bond donors (Lipinski definition) is 2. The van der Waals surface area contributed by atoms with Crippen LogP contribution in [0, 0.1) is 5.41 Å². The maximum absolute atomic E-state index is 12.1. The van der Waals surface area contributed by atoms with Gasteiger partial charge in [-0.25, -0.2) is 0 Å². The Morgan fingerprint density at radius 3 is 2.67 bits per heavy atom. The Morgan fingerprint density at radius 2 is 2.05 bits per heavy atom. The average Bonchev–Trinajstić information content (AvgIpc) is 2.42. The molecule has 0 saturated carbocycles. The molecule has 21 heavy (non-hydrogen) atoms. The number of benzene rings is 1. The van der Waals surface area contributed by atoms with Gasteiger partial charge in [0.15, 0.2) is 0 Å². The van der Waals surface area contributed by atoms with E-state index in [-0.39, 0.29) is 11.3 Å². The van der Waals surface area contributed by atoms with E-state index in [0.29, 0.717) is 19.8 Å². The first-order chi connectivity index (χ1) is 9.84. The molecule has 0 aliphatic carbocycles. The first-order valence-corrected chi connectivity index (χ1v) is 7.06. The summed E-state index contributed by atoms with van der Waals surface area (Å²) in [6, 6.07) is 7.00. The highest BCUT2D eigenvalue weighted by Crippen LogP contribution is 2.19. The van der Waals surface area contributed by atoms with Crippen molar-refractivity contribution in [1.29, 1.82) is 0 Å². The minimum Gasteiger partial charge on any atom is -0.382 e. The van der Waals surface area contributed by atoms with E-state index in [0.717, 1.165) is 11.3 Å². The quantitative estimate of drug-likeness (QED) is 0.756. The van der Waals surface area contributed by atoms with Gasteiger partial charge in [0.2, 0.25) is 5.91 Å². The van der Waals surface area contributed by atoms with Gasteiger partial charge < -0.3 is 20.5 Å². The molecular formula is C16H26N2O3. The Labute approximate surface area is 126 Å². The van der Waals surface area contributed by atoms with Gasteiger partial charge in [0.1, 0.15) is 0 Å². The van der Waals surface area contributed by atoms with Gasteiger partial charge in [-0.1, -0.05) is 32.9 Å². The highest BCUT2D eigenvalue weighted by molar-refractivity contribution is 5.95. The molecule has 0 saturated heterocycles. The van der Waals surface area contributed by atoms with Crippen LogP contribution < -0.4 is 11.1 Å². The fourth-order valence-corrected chi connectivity index (χ4v) is 1.68. The molecule has 0 bridgehead atoms. The summed E-state index contributed by atoms with van der Waals surface area (Å²) in [5.41, 5.74) is 7.39. The molecule has 0 spiro atoms. The largest absolute Gasteiger partial charge is 0.382 e. The standard InChI is InChI=1S/C16H26N2O3/c1-16(2,3)14(17)15(19)18-13-7-5-6-12(10-13)11-21-9-8-20-4/h5-7,10,14H,8-9,11,17H2,1-4H3,(H,18,19)/t14-/m1/s1. The maximum Gasteiger partial charge on any atom is 0.241 e.